The van der Waals surface area contributed by atoms with E-state index in [9.17, 15) is 26.4 Å². The minimum atomic E-state index is -4.71. The van der Waals surface area contributed by atoms with Crippen LogP contribution < -0.4 is 0 Å². The summed E-state index contributed by atoms with van der Waals surface area (Å²) in [5, 5.41) is 0. The standard InChI is InChI=1S/C7H9F3O6S/c8-7(9,10)4-15-17(12,13)2-1-5-3-14-6(11)16-5/h5H,1-4H2. The van der Waals surface area contributed by atoms with Gasteiger partial charge in [0.2, 0.25) is 0 Å². The number of ether oxygens (including phenoxy) is 2. The van der Waals surface area contributed by atoms with Crippen LogP contribution in [0.1, 0.15) is 6.42 Å². The number of hydrogen-bond acceptors (Lipinski definition) is 6. The van der Waals surface area contributed by atoms with Gasteiger partial charge in [0.25, 0.3) is 10.1 Å². The fourth-order valence-electron chi connectivity index (χ4n) is 0.999. The molecule has 1 heterocycles. The van der Waals surface area contributed by atoms with E-state index in [0.29, 0.717) is 0 Å². The fourth-order valence-corrected chi connectivity index (χ4v) is 1.98. The molecule has 1 fully saturated rings. The van der Waals surface area contributed by atoms with Crippen molar-refractivity contribution in [2.45, 2.75) is 18.7 Å². The average molecular weight is 278 g/mol. The summed E-state index contributed by atoms with van der Waals surface area (Å²) in [5.41, 5.74) is 0. The lowest BCUT2D eigenvalue weighted by Crippen LogP contribution is -2.24. The lowest BCUT2D eigenvalue weighted by Gasteiger charge is -2.09. The molecule has 0 aromatic carbocycles. The Balaban J connectivity index is 2.32. The Morgan fingerprint density at radius 1 is 1.41 bits per heavy atom. The highest BCUT2D eigenvalue weighted by molar-refractivity contribution is 7.86. The monoisotopic (exact) mass is 278 g/mol. The van der Waals surface area contributed by atoms with Gasteiger partial charge in [0.15, 0.2) is 6.61 Å². The summed E-state index contributed by atoms with van der Waals surface area (Å²) in [5.74, 6) is -0.676. The van der Waals surface area contributed by atoms with Gasteiger partial charge < -0.3 is 9.47 Å². The molecule has 1 aliphatic rings. The topological polar surface area (TPSA) is 78.9 Å². The number of carbonyl (C=O) groups excluding carboxylic acids is 1. The van der Waals surface area contributed by atoms with Crippen LogP contribution in [-0.4, -0.2) is 45.8 Å². The van der Waals surface area contributed by atoms with Gasteiger partial charge in [-0.1, -0.05) is 0 Å². The minimum Gasteiger partial charge on any atom is -0.430 e. The van der Waals surface area contributed by atoms with E-state index >= 15 is 0 Å². The van der Waals surface area contributed by atoms with Gasteiger partial charge in [-0.2, -0.15) is 21.6 Å². The van der Waals surface area contributed by atoms with Crippen LogP contribution in [0.25, 0.3) is 0 Å². The first kappa shape index (κ1) is 14.0. The SMILES string of the molecule is O=C1OCC(CCS(=O)(=O)OCC(F)(F)F)O1. The number of rotatable bonds is 5. The molecule has 0 N–H and O–H groups in total. The molecule has 0 spiro atoms. The summed E-state index contributed by atoms with van der Waals surface area (Å²) in [4.78, 5) is 10.5. The van der Waals surface area contributed by atoms with E-state index in [0.717, 1.165) is 0 Å². The highest BCUT2D eigenvalue weighted by Crippen LogP contribution is 2.17. The molecule has 1 aliphatic heterocycles. The zero-order valence-electron chi connectivity index (χ0n) is 8.40. The number of cyclic esters (lactones) is 2. The number of hydrogen-bond donors (Lipinski definition) is 0. The van der Waals surface area contributed by atoms with Crippen LogP contribution >= 0.6 is 0 Å². The number of carbonyl (C=O) groups is 1. The van der Waals surface area contributed by atoms with Crippen molar-refractivity contribution in [2.75, 3.05) is 19.0 Å². The molecule has 0 saturated carbocycles. The Bertz CT molecular complexity index is 376. The summed E-state index contributed by atoms with van der Waals surface area (Å²) in [7, 11) is -4.29. The smallest absolute Gasteiger partial charge is 0.430 e. The minimum absolute atomic E-state index is 0.117. The summed E-state index contributed by atoms with van der Waals surface area (Å²) in [6.45, 7) is -1.98. The lowest BCUT2D eigenvalue weighted by atomic mass is 10.3. The van der Waals surface area contributed by atoms with Gasteiger partial charge in [-0.05, 0) is 0 Å². The molecule has 6 nitrogen and oxygen atoms in total. The number of halogens is 3. The van der Waals surface area contributed by atoms with Gasteiger partial charge in [-0.25, -0.2) is 4.79 Å². The Morgan fingerprint density at radius 3 is 2.53 bits per heavy atom. The Hall–Kier alpha value is -1.03. The third kappa shape index (κ3) is 5.73. The van der Waals surface area contributed by atoms with E-state index < -0.39 is 40.9 Å². The summed E-state index contributed by atoms with van der Waals surface area (Å²) < 4.78 is 69.7. The highest BCUT2D eigenvalue weighted by Gasteiger charge is 2.32. The van der Waals surface area contributed by atoms with E-state index in [-0.39, 0.29) is 13.0 Å². The van der Waals surface area contributed by atoms with Crippen molar-refractivity contribution in [2.24, 2.45) is 0 Å². The maximum Gasteiger partial charge on any atom is 0.508 e. The molecule has 0 amide bonds. The zero-order chi connectivity index (χ0) is 13.1. The maximum absolute atomic E-state index is 11.7. The third-order valence-electron chi connectivity index (χ3n) is 1.74. The van der Waals surface area contributed by atoms with Gasteiger partial charge in [0, 0.05) is 6.42 Å². The summed E-state index contributed by atoms with van der Waals surface area (Å²) in [6, 6.07) is 0. The van der Waals surface area contributed by atoms with Gasteiger partial charge in [-0.3, -0.25) is 4.18 Å². The van der Waals surface area contributed by atoms with Crippen molar-refractivity contribution in [1.82, 2.24) is 0 Å². The first-order valence-corrected chi connectivity index (χ1v) is 6.03. The molecule has 0 radical (unpaired) electrons. The van der Waals surface area contributed by atoms with Crippen LogP contribution in [0.2, 0.25) is 0 Å². The quantitative estimate of drug-likeness (QED) is 0.547. The second-order valence-corrected chi connectivity index (χ2v) is 4.99. The van der Waals surface area contributed by atoms with E-state index in [1.165, 1.54) is 0 Å². The highest BCUT2D eigenvalue weighted by atomic mass is 32.2. The van der Waals surface area contributed by atoms with Crippen molar-refractivity contribution >= 4 is 16.3 Å². The predicted octanol–water partition coefficient (Wildman–Crippen LogP) is 0.821. The van der Waals surface area contributed by atoms with Crippen molar-refractivity contribution in [1.29, 1.82) is 0 Å². The second kappa shape index (κ2) is 5.08. The molecule has 1 rings (SSSR count). The molecule has 10 heteroatoms. The van der Waals surface area contributed by atoms with Crippen LogP contribution in [0.4, 0.5) is 18.0 Å². The van der Waals surface area contributed by atoms with E-state index in [4.69, 9.17) is 0 Å². The van der Waals surface area contributed by atoms with Crippen LogP contribution in [0.5, 0.6) is 0 Å². The maximum atomic E-state index is 11.7. The predicted molar refractivity (Wildman–Crippen MR) is 46.6 cm³/mol. The van der Waals surface area contributed by atoms with Gasteiger partial charge >= 0.3 is 12.3 Å². The van der Waals surface area contributed by atoms with Crippen molar-refractivity contribution in [3.63, 3.8) is 0 Å². The molecular formula is C7H9F3O6S. The summed E-state index contributed by atoms with van der Waals surface area (Å²) >= 11 is 0. The molecule has 1 unspecified atom stereocenters. The van der Waals surface area contributed by atoms with Crippen LogP contribution in [0.15, 0.2) is 0 Å². The average Bonchev–Trinajstić information content (AvgIpc) is 2.58. The van der Waals surface area contributed by atoms with Crippen LogP contribution in [0.3, 0.4) is 0 Å². The Morgan fingerprint density at radius 2 is 2.06 bits per heavy atom. The van der Waals surface area contributed by atoms with E-state index in [1.807, 2.05) is 0 Å². The second-order valence-electron chi connectivity index (χ2n) is 3.23. The van der Waals surface area contributed by atoms with Crippen LogP contribution in [-0.2, 0) is 23.8 Å². The third-order valence-corrected chi connectivity index (χ3v) is 2.95. The molecule has 0 aliphatic carbocycles. The molecule has 0 bridgehead atoms. The zero-order valence-corrected chi connectivity index (χ0v) is 9.21. The first-order valence-electron chi connectivity index (χ1n) is 4.45. The van der Waals surface area contributed by atoms with Gasteiger partial charge in [0.1, 0.15) is 12.7 Å². The van der Waals surface area contributed by atoms with Crippen LogP contribution in [0, 0.1) is 0 Å². The van der Waals surface area contributed by atoms with E-state index in [1.54, 1.807) is 0 Å². The van der Waals surface area contributed by atoms with E-state index in [2.05, 4.69) is 13.7 Å². The molecule has 0 aromatic heterocycles. The summed E-state index contributed by atoms with van der Waals surface area (Å²) in [6.07, 6.45) is -6.59. The van der Waals surface area contributed by atoms with Crippen molar-refractivity contribution in [3.05, 3.63) is 0 Å². The fraction of sp³-hybridized carbons (Fsp3) is 0.857. The van der Waals surface area contributed by atoms with Crippen molar-refractivity contribution in [3.8, 4) is 0 Å². The molecule has 100 valence electrons. The molecular weight excluding hydrogens is 269 g/mol. The Kier molecular flexibility index (Phi) is 4.20. The van der Waals surface area contributed by atoms with Gasteiger partial charge in [0.05, 0.1) is 5.75 Å². The molecule has 1 saturated heterocycles. The Labute approximate surface area is 94.8 Å². The molecule has 1 atom stereocenters. The molecule has 0 aromatic rings. The lowest BCUT2D eigenvalue weighted by molar-refractivity contribution is -0.152. The molecule has 17 heavy (non-hydrogen) atoms. The number of alkyl halides is 3. The first-order chi connectivity index (χ1) is 7.68. The van der Waals surface area contributed by atoms with Gasteiger partial charge in [-0.15, -0.1) is 0 Å². The van der Waals surface area contributed by atoms with Crippen molar-refractivity contribution < 1.29 is 40.0 Å². The normalized spacial score (nSPS) is 21.1. The largest absolute Gasteiger partial charge is 0.508 e.